The van der Waals surface area contributed by atoms with E-state index in [9.17, 15) is 14.7 Å². The van der Waals surface area contributed by atoms with E-state index >= 15 is 0 Å². The van der Waals surface area contributed by atoms with Crippen LogP contribution in [-0.4, -0.2) is 53.0 Å². The highest BCUT2D eigenvalue weighted by molar-refractivity contribution is 9.10. The summed E-state index contributed by atoms with van der Waals surface area (Å²) >= 11 is 4.99. The van der Waals surface area contributed by atoms with Gasteiger partial charge in [-0.05, 0) is 41.4 Å². The van der Waals surface area contributed by atoms with Gasteiger partial charge in [-0.2, -0.15) is 0 Å². The molecule has 1 saturated heterocycles. The van der Waals surface area contributed by atoms with Crippen LogP contribution in [0.5, 0.6) is 0 Å². The van der Waals surface area contributed by atoms with E-state index in [-0.39, 0.29) is 12.5 Å². The lowest BCUT2D eigenvalue weighted by Crippen LogP contribution is -2.49. The number of halogens is 1. The zero-order valence-electron chi connectivity index (χ0n) is 11.9. The van der Waals surface area contributed by atoms with E-state index in [1.165, 1.54) is 0 Å². The molecule has 1 atom stereocenters. The average molecular weight is 375 g/mol. The molecule has 116 valence electrons. The number of aliphatic carboxylic acids is 1. The van der Waals surface area contributed by atoms with E-state index in [1.54, 1.807) is 28.2 Å². The second-order valence-electron chi connectivity index (χ2n) is 5.30. The second-order valence-corrected chi connectivity index (χ2v) is 7.21. The fourth-order valence-corrected chi connectivity index (χ4v) is 4.02. The highest BCUT2D eigenvalue weighted by Crippen LogP contribution is 2.21. The Morgan fingerprint density at radius 3 is 2.90 bits per heavy atom. The lowest BCUT2D eigenvalue weighted by atomic mass is 10.0. The summed E-state index contributed by atoms with van der Waals surface area (Å²) in [6, 6.07) is 1.47. The van der Waals surface area contributed by atoms with Crippen molar-refractivity contribution in [2.75, 3.05) is 20.1 Å². The molecule has 1 amide bonds. The van der Waals surface area contributed by atoms with E-state index in [0.717, 1.165) is 22.2 Å². The topological polar surface area (TPSA) is 60.9 Å². The van der Waals surface area contributed by atoms with Gasteiger partial charge in [0.15, 0.2) is 0 Å². The number of carbonyl (C=O) groups is 2. The highest BCUT2D eigenvalue weighted by Gasteiger charge is 2.30. The van der Waals surface area contributed by atoms with Crippen LogP contribution in [0.15, 0.2) is 15.9 Å². The van der Waals surface area contributed by atoms with Crippen LogP contribution in [0.2, 0.25) is 0 Å². The molecule has 1 aromatic heterocycles. The van der Waals surface area contributed by atoms with Gasteiger partial charge in [-0.3, -0.25) is 14.5 Å². The first kappa shape index (κ1) is 16.5. The molecule has 2 rings (SSSR count). The standard InChI is InChI=1S/C14H19BrN2O3S/c1-16(7-11-6-10(15)9-21-11)13(18)8-17-5-3-2-4-12(17)14(19)20/h6,9,12H,2-5,7-8H2,1H3,(H,19,20). The number of likely N-dealkylation sites (tertiary alicyclic amines) is 1. The molecule has 0 radical (unpaired) electrons. The molecular weight excluding hydrogens is 356 g/mol. The van der Waals surface area contributed by atoms with Gasteiger partial charge < -0.3 is 10.0 Å². The number of hydrogen-bond donors (Lipinski definition) is 1. The molecule has 2 heterocycles. The third-order valence-corrected chi connectivity index (χ3v) is 5.36. The molecule has 7 heteroatoms. The quantitative estimate of drug-likeness (QED) is 0.859. The first-order valence-electron chi connectivity index (χ1n) is 6.91. The molecule has 1 N–H and O–H groups in total. The number of rotatable bonds is 5. The Kier molecular flexibility index (Phi) is 5.78. The largest absolute Gasteiger partial charge is 0.480 e. The van der Waals surface area contributed by atoms with Crippen molar-refractivity contribution < 1.29 is 14.7 Å². The molecule has 1 aliphatic heterocycles. The summed E-state index contributed by atoms with van der Waals surface area (Å²) in [4.78, 5) is 28.1. The minimum absolute atomic E-state index is 0.0346. The minimum atomic E-state index is -0.827. The van der Waals surface area contributed by atoms with E-state index in [4.69, 9.17) is 0 Å². The van der Waals surface area contributed by atoms with Crippen molar-refractivity contribution in [1.82, 2.24) is 9.80 Å². The number of hydrogen-bond acceptors (Lipinski definition) is 4. The zero-order valence-corrected chi connectivity index (χ0v) is 14.3. The molecule has 1 unspecified atom stereocenters. The van der Waals surface area contributed by atoms with E-state index < -0.39 is 12.0 Å². The maximum Gasteiger partial charge on any atom is 0.320 e. The third-order valence-electron chi connectivity index (χ3n) is 3.68. The van der Waals surface area contributed by atoms with Gasteiger partial charge in [0.1, 0.15) is 6.04 Å². The van der Waals surface area contributed by atoms with Crippen LogP contribution in [0, 0.1) is 0 Å². The van der Waals surface area contributed by atoms with Gasteiger partial charge in [-0.25, -0.2) is 0 Å². The lowest BCUT2D eigenvalue weighted by molar-refractivity contribution is -0.146. The van der Waals surface area contributed by atoms with Gasteiger partial charge in [-0.1, -0.05) is 6.42 Å². The molecule has 0 saturated carbocycles. The van der Waals surface area contributed by atoms with E-state index in [0.29, 0.717) is 19.5 Å². The Hall–Kier alpha value is -0.920. The van der Waals surface area contributed by atoms with Gasteiger partial charge in [0.05, 0.1) is 13.1 Å². The summed E-state index contributed by atoms with van der Waals surface area (Å²) in [6.45, 7) is 1.42. The highest BCUT2D eigenvalue weighted by atomic mass is 79.9. The summed E-state index contributed by atoms with van der Waals surface area (Å²) in [7, 11) is 1.76. The number of nitrogens with zero attached hydrogens (tertiary/aromatic N) is 2. The maximum atomic E-state index is 12.3. The summed E-state index contributed by atoms with van der Waals surface area (Å²) in [5.74, 6) is -0.861. The molecule has 0 spiro atoms. The van der Waals surface area contributed by atoms with Gasteiger partial charge in [0, 0.05) is 21.8 Å². The molecule has 0 aromatic carbocycles. The predicted octanol–water partition coefficient (Wildman–Crippen LogP) is 2.41. The van der Waals surface area contributed by atoms with Crippen LogP contribution in [0.25, 0.3) is 0 Å². The summed E-state index contributed by atoms with van der Waals surface area (Å²) in [5, 5.41) is 11.2. The number of carboxylic acid groups (broad SMARTS) is 1. The van der Waals surface area contributed by atoms with E-state index in [1.807, 2.05) is 11.4 Å². The van der Waals surface area contributed by atoms with Gasteiger partial charge in [-0.15, -0.1) is 11.3 Å². The van der Waals surface area contributed by atoms with Crippen LogP contribution in [0.3, 0.4) is 0 Å². The number of amides is 1. The van der Waals surface area contributed by atoms with Crippen LogP contribution >= 0.6 is 27.3 Å². The Bertz CT molecular complexity index is 520. The first-order valence-corrected chi connectivity index (χ1v) is 8.58. The normalized spacial score (nSPS) is 19.4. The Morgan fingerprint density at radius 2 is 2.29 bits per heavy atom. The van der Waals surface area contributed by atoms with Crippen LogP contribution in [0.4, 0.5) is 0 Å². The number of thiophene rings is 1. The maximum absolute atomic E-state index is 12.3. The fraction of sp³-hybridized carbons (Fsp3) is 0.571. The summed E-state index contributed by atoms with van der Waals surface area (Å²) in [6.07, 6.45) is 2.50. The SMILES string of the molecule is CN(Cc1cc(Br)cs1)C(=O)CN1CCCCC1C(=O)O. The molecule has 1 aliphatic rings. The molecule has 21 heavy (non-hydrogen) atoms. The van der Waals surface area contributed by atoms with E-state index in [2.05, 4.69) is 15.9 Å². The Balaban J connectivity index is 1.91. The first-order chi connectivity index (χ1) is 9.97. The van der Waals surface area contributed by atoms with Crippen molar-refractivity contribution in [3.63, 3.8) is 0 Å². The lowest BCUT2D eigenvalue weighted by Gasteiger charge is -2.33. The van der Waals surface area contributed by atoms with Gasteiger partial charge in [0.2, 0.25) is 5.91 Å². The molecule has 5 nitrogen and oxygen atoms in total. The van der Waals surface area contributed by atoms with Crippen molar-refractivity contribution >= 4 is 39.1 Å². The molecular formula is C14H19BrN2O3S. The van der Waals surface area contributed by atoms with Crippen LogP contribution in [-0.2, 0) is 16.1 Å². The van der Waals surface area contributed by atoms with Crippen molar-refractivity contribution in [1.29, 1.82) is 0 Å². The van der Waals surface area contributed by atoms with Gasteiger partial charge in [0.25, 0.3) is 0 Å². The Labute approximate surface area is 136 Å². The van der Waals surface area contributed by atoms with Crippen LogP contribution < -0.4 is 0 Å². The molecule has 0 aliphatic carbocycles. The summed E-state index contributed by atoms with van der Waals surface area (Å²) < 4.78 is 1.02. The second kappa shape index (κ2) is 7.38. The number of carbonyl (C=O) groups excluding carboxylic acids is 1. The van der Waals surface area contributed by atoms with Gasteiger partial charge >= 0.3 is 5.97 Å². The number of piperidine rings is 1. The predicted molar refractivity (Wildman–Crippen MR) is 85.3 cm³/mol. The fourth-order valence-electron chi connectivity index (χ4n) is 2.51. The molecule has 0 bridgehead atoms. The van der Waals surface area contributed by atoms with Crippen LogP contribution in [0.1, 0.15) is 24.1 Å². The summed E-state index contributed by atoms with van der Waals surface area (Å²) in [5.41, 5.74) is 0. The zero-order chi connectivity index (χ0) is 15.4. The smallest absolute Gasteiger partial charge is 0.320 e. The number of likely N-dealkylation sites (N-methyl/N-ethyl adjacent to an activating group) is 1. The molecule has 1 aromatic rings. The third kappa shape index (κ3) is 4.52. The minimum Gasteiger partial charge on any atom is -0.480 e. The number of carboxylic acids is 1. The van der Waals surface area contributed by atoms with Crippen molar-refractivity contribution in [3.8, 4) is 0 Å². The van der Waals surface area contributed by atoms with Crippen molar-refractivity contribution in [3.05, 3.63) is 20.8 Å². The Morgan fingerprint density at radius 1 is 1.52 bits per heavy atom. The molecule has 1 fully saturated rings. The van der Waals surface area contributed by atoms with Crippen molar-refractivity contribution in [2.45, 2.75) is 31.8 Å². The monoisotopic (exact) mass is 374 g/mol. The van der Waals surface area contributed by atoms with Crippen molar-refractivity contribution in [2.24, 2.45) is 0 Å². The average Bonchev–Trinajstić information content (AvgIpc) is 2.84.